The lowest BCUT2D eigenvalue weighted by atomic mass is 10.5. The predicted molar refractivity (Wildman–Crippen MR) is 49.6 cm³/mol. The number of rotatable bonds is 5. The maximum absolute atomic E-state index is 5.55. The second-order valence-electron chi connectivity index (χ2n) is 3.05. The van der Waals surface area contributed by atoms with Gasteiger partial charge in [-0.2, -0.15) is 0 Å². The molecule has 2 nitrogen and oxygen atoms in total. The molecule has 0 aliphatic heterocycles. The van der Waals surface area contributed by atoms with E-state index in [9.17, 15) is 0 Å². The molecule has 0 bridgehead atoms. The Bertz CT molecular complexity index is 132. The Morgan fingerprint density at radius 2 is 2.00 bits per heavy atom. The van der Waals surface area contributed by atoms with E-state index < -0.39 is 8.56 Å². The zero-order chi connectivity index (χ0) is 8.91. The molecule has 0 fully saturated rings. The molecule has 66 valence electrons. The fourth-order valence-corrected chi connectivity index (χ4v) is 2.39. The van der Waals surface area contributed by atoms with Crippen molar-refractivity contribution in [3.8, 4) is 0 Å². The molecule has 0 spiro atoms. The van der Waals surface area contributed by atoms with Crippen molar-refractivity contribution in [2.75, 3.05) is 6.61 Å². The van der Waals surface area contributed by atoms with E-state index in [4.69, 9.17) is 8.85 Å². The minimum atomic E-state index is -1.89. The van der Waals surface area contributed by atoms with Crippen molar-refractivity contribution in [3.05, 3.63) is 12.3 Å². The summed E-state index contributed by atoms with van der Waals surface area (Å²) in [5.41, 5.74) is 0. The van der Waals surface area contributed by atoms with Crippen LogP contribution >= 0.6 is 0 Å². The fourth-order valence-electron chi connectivity index (χ4n) is 0.797. The Morgan fingerprint density at radius 1 is 1.45 bits per heavy atom. The van der Waals surface area contributed by atoms with Crippen LogP contribution < -0.4 is 0 Å². The number of hydrogen-bond acceptors (Lipinski definition) is 2. The first-order valence-corrected chi connectivity index (χ1v) is 6.78. The van der Waals surface area contributed by atoms with Gasteiger partial charge in [0.05, 0.1) is 5.76 Å². The van der Waals surface area contributed by atoms with Crippen LogP contribution in [0.1, 0.15) is 20.3 Å². The van der Waals surface area contributed by atoms with Crippen molar-refractivity contribution in [2.45, 2.75) is 33.4 Å². The van der Waals surface area contributed by atoms with Gasteiger partial charge in [-0.3, -0.25) is 0 Å². The van der Waals surface area contributed by atoms with Crippen LogP contribution in [0.5, 0.6) is 0 Å². The van der Waals surface area contributed by atoms with Gasteiger partial charge in [-0.05, 0) is 26.4 Å². The van der Waals surface area contributed by atoms with E-state index in [0.717, 1.165) is 18.8 Å². The molecule has 0 saturated heterocycles. The van der Waals surface area contributed by atoms with Gasteiger partial charge in [-0.15, -0.1) is 0 Å². The molecule has 0 amide bonds. The van der Waals surface area contributed by atoms with Crippen LogP contribution in [0.25, 0.3) is 0 Å². The van der Waals surface area contributed by atoms with E-state index in [-0.39, 0.29) is 0 Å². The normalized spacial score (nSPS) is 11.3. The summed E-state index contributed by atoms with van der Waals surface area (Å²) in [5.74, 6) is 0.748. The smallest absolute Gasteiger partial charge is 0.392 e. The molecule has 0 aromatic rings. The molecule has 3 heteroatoms. The molecule has 11 heavy (non-hydrogen) atoms. The van der Waals surface area contributed by atoms with Gasteiger partial charge >= 0.3 is 8.56 Å². The highest BCUT2D eigenvalue weighted by Crippen LogP contribution is 2.10. The molecule has 0 N–H and O–H groups in total. The maximum atomic E-state index is 5.55. The molecule has 0 unspecified atom stereocenters. The molecule has 0 aliphatic carbocycles. The zero-order valence-corrected chi connectivity index (χ0v) is 8.94. The Labute approximate surface area is 70.5 Å². The first-order valence-electron chi connectivity index (χ1n) is 3.96. The summed E-state index contributed by atoms with van der Waals surface area (Å²) >= 11 is 0. The summed E-state index contributed by atoms with van der Waals surface area (Å²) in [6, 6.07) is 0. The van der Waals surface area contributed by atoms with Crippen LogP contribution in [0.15, 0.2) is 12.3 Å². The monoisotopic (exact) mass is 174 g/mol. The third-order valence-electron chi connectivity index (χ3n) is 1.07. The minimum absolute atomic E-state index is 0.748. The van der Waals surface area contributed by atoms with E-state index in [0.29, 0.717) is 0 Å². The van der Waals surface area contributed by atoms with Crippen molar-refractivity contribution in [2.24, 2.45) is 0 Å². The molecule has 0 atom stereocenters. The highest BCUT2D eigenvalue weighted by Gasteiger charge is 2.25. The number of allylic oxidation sites excluding steroid dienone is 1. The van der Waals surface area contributed by atoms with Crippen LogP contribution in [-0.2, 0) is 8.85 Å². The van der Waals surface area contributed by atoms with Crippen molar-refractivity contribution in [1.82, 2.24) is 0 Å². The molecule has 0 aromatic heterocycles. The summed E-state index contributed by atoms with van der Waals surface area (Å²) in [7, 11) is -1.89. The van der Waals surface area contributed by atoms with Gasteiger partial charge in [0.2, 0.25) is 0 Å². The molecular weight excluding hydrogens is 156 g/mol. The Morgan fingerprint density at radius 3 is 2.36 bits per heavy atom. The molecule has 0 rings (SSSR count). The van der Waals surface area contributed by atoms with Crippen LogP contribution in [-0.4, -0.2) is 15.2 Å². The van der Waals surface area contributed by atoms with Gasteiger partial charge in [0, 0.05) is 6.61 Å². The first kappa shape index (κ1) is 10.7. The molecule has 0 aromatic carbocycles. The topological polar surface area (TPSA) is 18.5 Å². The molecule has 0 radical (unpaired) electrons. The Balaban J connectivity index is 3.70. The molecular formula is C8H18O2Si. The van der Waals surface area contributed by atoms with Gasteiger partial charge < -0.3 is 8.85 Å². The summed E-state index contributed by atoms with van der Waals surface area (Å²) in [4.78, 5) is 0. The third kappa shape index (κ3) is 6.13. The van der Waals surface area contributed by atoms with Crippen molar-refractivity contribution in [3.63, 3.8) is 0 Å². The molecule has 0 heterocycles. The van der Waals surface area contributed by atoms with Gasteiger partial charge in [0.15, 0.2) is 0 Å². The van der Waals surface area contributed by atoms with E-state index >= 15 is 0 Å². The predicted octanol–water partition coefficient (Wildman–Crippen LogP) is 2.67. The average molecular weight is 174 g/mol. The average Bonchev–Trinajstić information content (AvgIpc) is 1.81. The Hall–Kier alpha value is -0.283. The first-order chi connectivity index (χ1) is 4.98. The maximum Gasteiger partial charge on any atom is 0.392 e. The summed E-state index contributed by atoms with van der Waals surface area (Å²) in [6.07, 6.45) is 1.04. The number of hydrogen-bond donors (Lipinski definition) is 0. The van der Waals surface area contributed by atoms with Crippen LogP contribution in [0.2, 0.25) is 13.1 Å². The third-order valence-corrected chi connectivity index (χ3v) is 2.81. The van der Waals surface area contributed by atoms with Gasteiger partial charge in [0.1, 0.15) is 0 Å². The van der Waals surface area contributed by atoms with E-state index in [1.807, 2.05) is 20.0 Å². The highest BCUT2D eigenvalue weighted by atomic mass is 28.4. The summed E-state index contributed by atoms with van der Waals surface area (Å²) in [5, 5.41) is 0. The van der Waals surface area contributed by atoms with Crippen LogP contribution in [0.4, 0.5) is 0 Å². The quantitative estimate of drug-likeness (QED) is 0.471. The second-order valence-corrected chi connectivity index (χ2v) is 6.34. The summed E-state index contributed by atoms with van der Waals surface area (Å²) in [6.45, 7) is 12.5. The Kier molecular flexibility index (Phi) is 4.45. The SMILES string of the molecule is C=C(C)O[Si](C)(C)OCCC. The van der Waals surface area contributed by atoms with E-state index in [2.05, 4.69) is 13.5 Å². The van der Waals surface area contributed by atoms with Crippen LogP contribution in [0, 0.1) is 0 Å². The van der Waals surface area contributed by atoms with E-state index in [1.165, 1.54) is 0 Å². The van der Waals surface area contributed by atoms with E-state index in [1.54, 1.807) is 0 Å². The van der Waals surface area contributed by atoms with Crippen molar-refractivity contribution >= 4 is 8.56 Å². The minimum Gasteiger partial charge on any atom is -0.525 e. The summed E-state index contributed by atoms with van der Waals surface area (Å²) < 4.78 is 11.0. The largest absolute Gasteiger partial charge is 0.525 e. The zero-order valence-electron chi connectivity index (χ0n) is 7.94. The fraction of sp³-hybridized carbons (Fsp3) is 0.750. The lowest BCUT2D eigenvalue weighted by molar-refractivity contribution is 0.218. The standard InChI is InChI=1S/C8H18O2Si/c1-6-7-9-11(4,5)10-8(2)3/h2,6-7H2,1,3-5H3. The van der Waals surface area contributed by atoms with Gasteiger partial charge in [0.25, 0.3) is 0 Å². The van der Waals surface area contributed by atoms with Crippen molar-refractivity contribution in [1.29, 1.82) is 0 Å². The second kappa shape index (κ2) is 4.57. The molecule has 0 aliphatic rings. The molecule has 0 saturated carbocycles. The van der Waals surface area contributed by atoms with Crippen molar-refractivity contribution < 1.29 is 8.85 Å². The highest BCUT2D eigenvalue weighted by molar-refractivity contribution is 6.64. The van der Waals surface area contributed by atoms with Gasteiger partial charge in [-0.25, -0.2) is 0 Å². The lowest BCUT2D eigenvalue weighted by Crippen LogP contribution is -2.34. The van der Waals surface area contributed by atoms with Crippen LogP contribution in [0.3, 0.4) is 0 Å². The lowest BCUT2D eigenvalue weighted by Gasteiger charge is -2.23. The van der Waals surface area contributed by atoms with Gasteiger partial charge in [-0.1, -0.05) is 13.5 Å².